The SMILES string of the molecule is Cl.NC1(C(=O)NCc2sccc2Br)CCCC1. The molecule has 0 aliphatic heterocycles. The molecule has 0 bridgehead atoms. The van der Waals surface area contributed by atoms with E-state index in [1.54, 1.807) is 11.3 Å². The molecule has 0 atom stereocenters. The Hall–Kier alpha value is -0.100. The number of nitrogens with one attached hydrogen (secondary N) is 1. The lowest BCUT2D eigenvalue weighted by Crippen LogP contribution is -2.51. The molecule has 0 radical (unpaired) electrons. The fourth-order valence-corrected chi connectivity index (χ4v) is 3.45. The smallest absolute Gasteiger partial charge is 0.240 e. The summed E-state index contributed by atoms with van der Waals surface area (Å²) in [6, 6.07) is 1.99. The van der Waals surface area contributed by atoms with Crippen molar-refractivity contribution >= 4 is 45.6 Å². The number of amides is 1. The van der Waals surface area contributed by atoms with Crippen LogP contribution in [0.4, 0.5) is 0 Å². The van der Waals surface area contributed by atoms with Crippen LogP contribution in [0, 0.1) is 0 Å². The second kappa shape index (κ2) is 6.18. The van der Waals surface area contributed by atoms with E-state index in [1.807, 2.05) is 11.4 Å². The quantitative estimate of drug-likeness (QED) is 0.889. The predicted molar refractivity (Wildman–Crippen MR) is 76.5 cm³/mol. The number of halogens is 2. The van der Waals surface area contributed by atoms with E-state index in [4.69, 9.17) is 5.73 Å². The van der Waals surface area contributed by atoms with Crippen molar-refractivity contribution in [2.45, 2.75) is 37.8 Å². The summed E-state index contributed by atoms with van der Waals surface area (Å²) >= 11 is 5.07. The molecule has 1 saturated carbocycles. The van der Waals surface area contributed by atoms with Crippen molar-refractivity contribution in [1.29, 1.82) is 0 Å². The lowest BCUT2D eigenvalue weighted by atomic mass is 9.98. The summed E-state index contributed by atoms with van der Waals surface area (Å²) in [4.78, 5) is 13.1. The lowest BCUT2D eigenvalue weighted by Gasteiger charge is -2.22. The fraction of sp³-hybridized carbons (Fsp3) is 0.545. The maximum absolute atomic E-state index is 11.9. The number of carbonyl (C=O) groups excluding carboxylic acids is 1. The van der Waals surface area contributed by atoms with Crippen molar-refractivity contribution in [3.63, 3.8) is 0 Å². The van der Waals surface area contributed by atoms with Gasteiger partial charge in [-0.1, -0.05) is 12.8 Å². The first-order valence-corrected chi connectivity index (χ1v) is 7.08. The van der Waals surface area contributed by atoms with E-state index in [0.717, 1.165) is 35.0 Å². The van der Waals surface area contributed by atoms with Crippen LogP contribution in [0.3, 0.4) is 0 Å². The van der Waals surface area contributed by atoms with Crippen molar-refractivity contribution < 1.29 is 4.79 Å². The number of hydrogen-bond acceptors (Lipinski definition) is 3. The molecular formula is C11H16BrClN2OS. The van der Waals surface area contributed by atoms with Gasteiger partial charge in [-0.25, -0.2) is 0 Å². The Balaban J connectivity index is 0.00000144. The van der Waals surface area contributed by atoms with Crippen LogP contribution in [-0.2, 0) is 11.3 Å². The molecule has 0 aromatic carbocycles. The number of thiophene rings is 1. The van der Waals surface area contributed by atoms with Crippen molar-refractivity contribution in [2.75, 3.05) is 0 Å². The van der Waals surface area contributed by atoms with Gasteiger partial charge in [0.25, 0.3) is 0 Å². The second-order valence-electron chi connectivity index (χ2n) is 4.24. The molecule has 1 fully saturated rings. The summed E-state index contributed by atoms with van der Waals surface area (Å²) in [6.45, 7) is 0.566. The Morgan fingerprint density at radius 1 is 1.53 bits per heavy atom. The van der Waals surface area contributed by atoms with Gasteiger partial charge in [-0.15, -0.1) is 23.7 Å². The van der Waals surface area contributed by atoms with E-state index in [0.29, 0.717) is 6.54 Å². The van der Waals surface area contributed by atoms with Gasteiger partial charge in [0.1, 0.15) is 0 Å². The van der Waals surface area contributed by atoms with Gasteiger partial charge in [-0.05, 0) is 40.2 Å². The van der Waals surface area contributed by atoms with Crippen LogP contribution in [-0.4, -0.2) is 11.4 Å². The van der Waals surface area contributed by atoms with Crippen LogP contribution in [0.25, 0.3) is 0 Å². The highest BCUT2D eigenvalue weighted by Crippen LogP contribution is 2.28. The molecule has 1 aliphatic rings. The highest BCUT2D eigenvalue weighted by atomic mass is 79.9. The summed E-state index contributed by atoms with van der Waals surface area (Å²) in [6.07, 6.45) is 3.74. The third kappa shape index (κ3) is 3.44. The molecule has 2 rings (SSSR count). The highest BCUT2D eigenvalue weighted by Gasteiger charge is 2.36. The third-order valence-corrected chi connectivity index (χ3v) is 4.97. The number of hydrogen-bond donors (Lipinski definition) is 2. The molecule has 0 saturated heterocycles. The van der Waals surface area contributed by atoms with E-state index in [1.165, 1.54) is 0 Å². The van der Waals surface area contributed by atoms with E-state index in [9.17, 15) is 4.79 Å². The Bertz CT molecular complexity index is 391. The van der Waals surface area contributed by atoms with Crippen LogP contribution in [0.5, 0.6) is 0 Å². The maximum atomic E-state index is 11.9. The minimum absolute atomic E-state index is 0. The van der Waals surface area contributed by atoms with Crippen LogP contribution in [0.1, 0.15) is 30.6 Å². The summed E-state index contributed by atoms with van der Waals surface area (Å²) < 4.78 is 1.05. The second-order valence-corrected chi connectivity index (χ2v) is 6.09. The van der Waals surface area contributed by atoms with Gasteiger partial charge in [-0.2, -0.15) is 0 Å². The molecule has 17 heavy (non-hydrogen) atoms. The lowest BCUT2D eigenvalue weighted by molar-refractivity contribution is -0.126. The Labute approximate surface area is 120 Å². The Morgan fingerprint density at radius 3 is 2.71 bits per heavy atom. The van der Waals surface area contributed by atoms with Crippen molar-refractivity contribution in [2.24, 2.45) is 5.73 Å². The van der Waals surface area contributed by atoms with Crippen LogP contribution < -0.4 is 11.1 Å². The molecule has 1 heterocycles. The van der Waals surface area contributed by atoms with E-state index in [-0.39, 0.29) is 18.3 Å². The maximum Gasteiger partial charge on any atom is 0.240 e. The number of rotatable bonds is 3. The zero-order chi connectivity index (χ0) is 11.6. The summed E-state index contributed by atoms with van der Waals surface area (Å²) in [5, 5.41) is 4.92. The Morgan fingerprint density at radius 2 is 2.18 bits per heavy atom. The molecule has 1 aliphatic carbocycles. The molecular weight excluding hydrogens is 324 g/mol. The van der Waals surface area contributed by atoms with E-state index < -0.39 is 5.54 Å². The first kappa shape index (κ1) is 15.0. The summed E-state index contributed by atoms with van der Waals surface area (Å²) in [7, 11) is 0. The van der Waals surface area contributed by atoms with Gasteiger partial charge in [0.2, 0.25) is 5.91 Å². The van der Waals surface area contributed by atoms with Crippen LogP contribution in [0.15, 0.2) is 15.9 Å². The molecule has 6 heteroatoms. The van der Waals surface area contributed by atoms with E-state index >= 15 is 0 Å². The van der Waals surface area contributed by atoms with Crippen molar-refractivity contribution in [3.05, 3.63) is 20.8 Å². The van der Waals surface area contributed by atoms with Gasteiger partial charge in [-0.3, -0.25) is 4.79 Å². The Kier molecular flexibility index (Phi) is 5.44. The molecule has 1 aromatic heterocycles. The van der Waals surface area contributed by atoms with Gasteiger partial charge in [0.15, 0.2) is 0 Å². The topological polar surface area (TPSA) is 55.1 Å². The summed E-state index contributed by atoms with van der Waals surface area (Å²) in [5.74, 6) is -0.00898. The first-order valence-electron chi connectivity index (χ1n) is 5.41. The normalized spacial score (nSPS) is 17.5. The molecule has 1 amide bonds. The van der Waals surface area contributed by atoms with Gasteiger partial charge >= 0.3 is 0 Å². The number of nitrogens with two attached hydrogens (primary N) is 1. The molecule has 1 aromatic rings. The molecule has 3 N–H and O–H groups in total. The van der Waals surface area contributed by atoms with Crippen molar-refractivity contribution in [1.82, 2.24) is 5.32 Å². The molecule has 3 nitrogen and oxygen atoms in total. The average molecular weight is 340 g/mol. The summed E-state index contributed by atoms with van der Waals surface area (Å²) in [5.41, 5.74) is 5.44. The monoisotopic (exact) mass is 338 g/mol. The minimum Gasteiger partial charge on any atom is -0.350 e. The number of carbonyl (C=O) groups is 1. The fourth-order valence-electron chi connectivity index (χ4n) is 2.02. The first-order chi connectivity index (χ1) is 7.62. The van der Waals surface area contributed by atoms with Crippen LogP contribution in [0.2, 0.25) is 0 Å². The molecule has 0 unspecified atom stereocenters. The largest absolute Gasteiger partial charge is 0.350 e. The van der Waals surface area contributed by atoms with E-state index in [2.05, 4.69) is 21.2 Å². The van der Waals surface area contributed by atoms with Gasteiger partial charge in [0.05, 0.1) is 12.1 Å². The predicted octanol–water partition coefficient (Wildman–Crippen LogP) is 2.82. The van der Waals surface area contributed by atoms with Crippen molar-refractivity contribution in [3.8, 4) is 0 Å². The zero-order valence-corrected chi connectivity index (χ0v) is 12.6. The third-order valence-electron chi connectivity index (χ3n) is 3.05. The standard InChI is InChI=1S/C11H15BrN2OS.ClH/c12-8-3-6-16-9(8)7-14-10(15)11(13)4-1-2-5-11;/h3,6H,1-2,4-5,7,13H2,(H,14,15);1H. The zero-order valence-electron chi connectivity index (χ0n) is 9.37. The molecule has 0 spiro atoms. The highest BCUT2D eigenvalue weighted by molar-refractivity contribution is 9.10. The van der Waals surface area contributed by atoms with Crippen LogP contribution >= 0.6 is 39.7 Å². The molecule has 96 valence electrons. The van der Waals surface area contributed by atoms with Gasteiger partial charge < -0.3 is 11.1 Å². The average Bonchev–Trinajstić information content (AvgIpc) is 2.85. The van der Waals surface area contributed by atoms with Gasteiger partial charge in [0, 0.05) is 9.35 Å². The minimum atomic E-state index is -0.621.